The van der Waals surface area contributed by atoms with Crippen molar-refractivity contribution in [2.24, 2.45) is 0 Å². The van der Waals surface area contributed by atoms with Gasteiger partial charge in [-0.1, -0.05) is 18.2 Å². The van der Waals surface area contributed by atoms with Crippen molar-refractivity contribution in [2.45, 2.75) is 13.0 Å². The summed E-state index contributed by atoms with van der Waals surface area (Å²) < 4.78 is 10.1. The van der Waals surface area contributed by atoms with E-state index in [9.17, 15) is 9.59 Å². The Hall–Kier alpha value is -3.02. The summed E-state index contributed by atoms with van der Waals surface area (Å²) in [5.74, 6) is 0.302. The fourth-order valence-corrected chi connectivity index (χ4v) is 2.87. The fourth-order valence-electron chi connectivity index (χ4n) is 2.87. The molecule has 2 aromatic carbocycles. The normalized spacial score (nSPS) is 17.3. The lowest BCUT2D eigenvalue weighted by molar-refractivity contribution is -0.136. The Labute approximate surface area is 139 Å². The van der Waals surface area contributed by atoms with Gasteiger partial charge in [-0.2, -0.15) is 0 Å². The molecule has 2 amide bonds. The van der Waals surface area contributed by atoms with E-state index in [0.717, 1.165) is 22.1 Å². The van der Waals surface area contributed by atoms with Crippen LogP contribution in [-0.4, -0.2) is 26.2 Å². The number of rotatable bonds is 3. The number of carbonyl (C=O) groups excluding carboxylic acids is 2. The van der Waals surface area contributed by atoms with Crippen LogP contribution in [0.3, 0.4) is 0 Å². The van der Waals surface area contributed by atoms with E-state index in [-0.39, 0.29) is 6.03 Å². The van der Waals surface area contributed by atoms with Gasteiger partial charge in [0.05, 0.1) is 25.8 Å². The molecule has 0 aromatic heterocycles. The lowest BCUT2D eigenvalue weighted by Gasteiger charge is -2.28. The standard InChI is InChI=1S/C18H18N2O4/c1-10-15(17(21)24-3)16(20-18(22)19-10)13-5-4-12-9-14(23-2)7-6-11(12)8-13/h4-9,16H,1-3H3,(H2,19,20,22). The number of carbonyl (C=O) groups is 2. The smallest absolute Gasteiger partial charge is 0.337 e. The van der Waals surface area contributed by atoms with Crippen LogP contribution < -0.4 is 15.4 Å². The van der Waals surface area contributed by atoms with Crippen molar-refractivity contribution in [3.63, 3.8) is 0 Å². The second-order valence-electron chi connectivity index (χ2n) is 5.53. The quantitative estimate of drug-likeness (QED) is 0.850. The Balaban J connectivity index is 2.08. The summed E-state index contributed by atoms with van der Waals surface area (Å²) in [6.45, 7) is 1.68. The topological polar surface area (TPSA) is 76.7 Å². The molecule has 0 fully saturated rings. The predicted octanol–water partition coefficient (Wildman–Crippen LogP) is 2.65. The van der Waals surface area contributed by atoms with Gasteiger partial charge in [0.25, 0.3) is 0 Å². The molecule has 2 N–H and O–H groups in total. The summed E-state index contributed by atoms with van der Waals surface area (Å²) in [6.07, 6.45) is 0. The fraction of sp³-hybridized carbons (Fsp3) is 0.222. The summed E-state index contributed by atoms with van der Waals surface area (Å²) in [4.78, 5) is 24.0. The third kappa shape index (κ3) is 2.78. The SMILES string of the molecule is COC(=O)C1=C(C)NC(=O)NC1c1ccc2cc(OC)ccc2c1. The van der Waals surface area contributed by atoms with Crippen molar-refractivity contribution in [3.05, 3.63) is 53.2 Å². The first-order valence-corrected chi connectivity index (χ1v) is 7.48. The third-order valence-corrected chi connectivity index (χ3v) is 4.08. The zero-order valence-electron chi connectivity index (χ0n) is 13.7. The first-order valence-electron chi connectivity index (χ1n) is 7.48. The number of allylic oxidation sites excluding steroid dienone is 1. The second kappa shape index (κ2) is 6.23. The number of ether oxygens (including phenoxy) is 2. The minimum Gasteiger partial charge on any atom is -0.497 e. The van der Waals surface area contributed by atoms with Crippen LogP contribution in [-0.2, 0) is 9.53 Å². The van der Waals surface area contributed by atoms with E-state index in [1.807, 2.05) is 36.4 Å². The first-order chi connectivity index (χ1) is 11.5. The van der Waals surface area contributed by atoms with Crippen LogP contribution in [0.4, 0.5) is 4.79 Å². The monoisotopic (exact) mass is 326 g/mol. The second-order valence-corrected chi connectivity index (χ2v) is 5.53. The maximum Gasteiger partial charge on any atom is 0.337 e. The molecule has 1 aliphatic rings. The van der Waals surface area contributed by atoms with Gasteiger partial charge >= 0.3 is 12.0 Å². The van der Waals surface area contributed by atoms with Crippen LogP contribution in [0, 0.1) is 0 Å². The minimum absolute atomic E-state index is 0.347. The number of nitrogens with one attached hydrogen (secondary N) is 2. The highest BCUT2D eigenvalue weighted by Gasteiger charge is 2.31. The van der Waals surface area contributed by atoms with Crippen LogP contribution in [0.5, 0.6) is 5.75 Å². The molecule has 0 bridgehead atoms. The Bertz CT molecular complexity index is 857. The van der Waals surface area contributed by atoms with Crippen molar-refractivity contribution in [1.29, 1.82) is 0 Å². The zero-order chi connectivity index (χ0) is 17.3. The number of hydrogen-bond donors (Lipinski definition) is 2. The summed E-state index contributed by atoms with van der Waals surface area (Å²) in [5.41, 5.74) is 1.69. The number of methoxy groups -OCH3 is 2. The predicted molar refractivity (Wildman–Crippen MR) is 89.6 cm³/mol. The van der Waals surface area contributed by atoms with Gasteiger partial charge in [-0.05, 0) is 41.5 Å². The van der Waals surface area contributed by atoms with E-state index in [0.29, 0.717) is 11.3 Å². The van der Waals surface area contributed by atoms with Crippen LogP contribution in [0.15, 0.2) is 47.7 Å². The van der Waals surface area contributed by atoms with Crippen LogP contribution in [0.25, 0.3) is 10.8 Å². The molecule has 3 rings (SSSR count). The molecule has 1 heterocycles. The molecular formula is C18H18N2O4. The van der Waals surface area contributed by atoms with E-state index < -0.39 is 12.0 Å². The highest BCUT2D eigenvalue weighted by Crippen LogP contribution is 2.30. The van der Waals surface area contributed by atoms with Gasteiger partial charge in [0, 0.05) is 5.70 Å². The summed E-state index contributed by atoms with van der Waals surface area (Å²) in [7, 11) is 2.94. The summed E-state index contributed by atoms with van der Waals surface area (Å²) in [5, 5.41) is 7.39. The Kier molecular flexibility index (Phi) is 4.12. The van der Waals surface area contributed by atoms with Gasteiger partial charge in [0.1, 0.15) is 5.75 Å². The molecule has 1 atom stereocenters. The van der Waals surface area contributed by atoms with E-state index in [4.69, 9.17) is 9.47 Å². The molecule has 0 spiro atoms. The number of amides is 2. The van der Waals surface area contributed by atoms with Crippen molar-refractivity contribution in [3.8, 4) is 5.75 Å². The van der Waals surface area contributed by atoms with Gasteiger partial charge < -0.3 is 20.1 Å². The van der Waals surface area contributed by atoms with E-state index in [1.165, 1.54) is 7.11 Å². The molecule has 1 aliphatic heterocycles. The average molecular weight is 326 g/mol. The molecule has 6 heteroatoms. The maximum absolute atomic E-state index is 12.1. The Morgan fingerprint density at radius 3 is 2.50 bits per heavy atom. The number of esters is 1. The molecule has 0 saturated heterocycles. The lowest BCUT2D eigenvalue weighted by atomic mass is 9.93. The van der Waals surface area contributed by atoms with Crippen LogP contribution >= 0.6 is 0 Å². The zero-order valence-corrected chi connectivity index (χ0v) is 13.7. The third-order valence-electron chi connectivity index (χ3n) is 4.08. The number of fused-ring (bicyclic) bond motifs is 1. The molecule has 0 radical (unpaired) electrons. The number of hydrogen-bond acceptors (Lipinski definition) is 4. The van der Waals surface area contributed by atoms with Gasteiger partial charge in [-0.15, -0.1) is 0 Å². The van der Waals surface area contributed by atoms with Crippen molar-refractivity contribution >= 4 is 22.8 Å². The van der Waals surface area contributed by atoms with E-state index >= 15 is 0 Å². The highest BCUT2D eigenvalue weighted by molar-refractivity contribution is 5.95. The van der Waals surface area contributed by atoms with Crippen molar-refractivity contribution < 1.29 is 19.1 Å². The highest BCUT2D eigenvalue weighted by atomic mass is 16.5. The van der Waals surface area contributed by atoms with E-state index in [2.05, 4.69) is 10.6 Å². The van der Waals surface area contributed by atoms with Gasteiger partial charge in [0.15, 0.2) is 0 Å². The van der Waals surface area contributed by atoms with Crippen LogP contribution in [0.1, 0.15) is 18.5 Å². The maximum atomic E-state index is 12.1. The Morgan fingerprint density at radius 2 is 1.79 bits per heavy atom. The number of benzene rings is 2. The van der Waals surface area contributed by atoms with Crippen molar-refractivity contribution in [1.82, 2.24) is 10.6 Å². The van der Waals surface area contributed by atoms with Gasteiger partial charge in [-0.3, -0.25) is 0 Å². The van der Waals surface area contributed by atoms with Gasteiger partial charge in [-0.25, -0.2) is 9.59 Å². The first kappa shape index (κ1) is 15.9. The minimum atomic E-state index is -0.558. The molecule has 0 saturated carbocycles. The molecule has 6 nitrogen and oxygen atoms in total. The molecule has 124 valence electrons. The average Bonchev–Trinajstić information content (AvgIpc) is 2.59. The largest absolute Gasteiger partial charge is 0.497 e. The van der Waals surface area contributed by atoms with Crippen LogP contribution in [0.2, 0.25) is 0 Å². The lowest BCUT2D eigenvalue weighted by Crippen LogP contribution is -2.45. The summed E-state index contributed by atoms with van der Waals surface area (Å²) >= 11 is 0. The van der Waals surface area contributed by atoms with Crippen molar-refractivity contribution in [2.75, 3.05) is 14.2 Å². The van der Waals surface area contributed by atoms with E-state index in [1.54, 1.807) is 14.0 Å². The molecule has 2 aromatic rings. The molecule has 24 heavy (non-hydrogen) atoms. The Morgan fingerprint density at radius 1 is 1.08 bits per heavy atom. The molecule has 1 unspecified atom stereocenters. The summed E-state index contributed by atoms with van der Waals surface area (Å²) in [6, 6.07) is 10.6. The number of urea groups is 1. The molecule has 0 aliphatic carbocycles. The molecular weight excluding hydrogens is 308 g/mol. The van der Waals surface area contributed by atoms with Gasteiger partial charge in [0.2, 0.25) is 0 Å².